The molecule has 4 rings (SSSR count). The quantitative estimate of drug-likeness (QED) is 0.723. The summed E-state index contributed by atoms with van der Waals surface area (Å²) in [5.41, 5.74) is 3.40. The van der Waals surface area contributed by atoms with Crippen LogP contribution in [0.3, 0.4) is 0 Å². The maximum atomic E-state index is 12.6. The Labute approximate surface area is 170 Å². The number of rotatable bonds is 5. The Balaban J connectivity index is 1.42. The van der Waals surface area contributed by atoms with Gasteiger partial charge in [-0.1, -0.05) is 30.3 Å². The molecular formula is C23H24N4O2. The van der Waals surface area contributed by atoms with Gasteiger partial charge in [-0.2, -0.15) is 0 Å². The molecule has 2 heterocycles. The minimum absolute atomic E-state index is 0.154. The Morgan fingerprint density at radius 3 is 2.38 bits per heavy atom. The Morgan fingerprint density at radius 1 is 0.931 bits per heavy atom. The van der Waals surface area contributed by atoms with Crippen molar-refractivity contribution in [1.82, 2.24) is 4.98 Å². The maximum absolute atomic E-state index is 12.6. The summed E-state index contributed by atoms with van der Waals surface area (Å²) >= 11 is 0. The second kappa shape index (κ2) is 8.65. The van der Waals surface area contributed by atoms with Crippen LogP contribution in [0.1, 0.15) is 10.4 Å². The normalized spacial score (nSPS) is 13.8. The van der Waals surface area contributed by atoms with Crippen molar-refractivity contribution >= 4 is 23.0 Å². The number of methoxy groups -OCH3 is 1. The van der Waals surface area contributed by atoms with Crippen molar-refractivity contribution in [3.63, 3.8) is 0 Å². The van der Waals surface area contributed by atoms with E-state index in [4.69, 9.17) is 4.74 Å². The van der Waals surface area contributed by atoms with Gasteiger partial charge in [0.05, 0.1) is 30.2 Å². The fraction of sp³-hybridized carbons (Fsp3) is 0.217. The summed E-state index contributed by atoms with van der Waals surface area (Å²) in [4.78, 5) is 21.4. The number of ether oxygens (including phenoxy) is 1. The summed E-state index contributed by atoms with van der Waals surface area (Å²) in [5.74, 6) is 0.736. The number of hydrogen-bond acceptors (Lipinski definition) is 5. The van der Waals surface area contributed by atoms with E-state index >= 15 is 0 Å². The molecule has 0 radical (unpaired) electrons. The molecule has 2 aromatic carbocycles. The third kappa shape index (κ3) is 4.32. The van der Waals surface area contributed by atoms with E-state index in [1.807, 2.05) is 60.8 Å². The summed E-state index contributed by atoms with van der Waals surface area (Å²) in [5, 5.41) is 2.91. The number of carbonyl (C=O) groups is 1. The first-order valence-electron chi connectivity index (χ1n) is 9.69. The Bertz CT molecular complexity index is 969. The molecule has 1 aliphatic rings. The molecule has 0 aliphatic carbocycles. The highest BCUT2D eigenvalue weighted by Gasteiger charge is 2.20. The number of anilines is 3. The third-order valence-corrected chi connectivity index (χ3v) is 5.09. The number of hydrogen-bond donors (Lipinski definition) is 1. The van der Waals surface area contributed by atoms with Gasteiger partial charge in [-0.05, 0) is 30.3 Å². The lowest BCUT2D eigenvalue weighted by atomic mass is 10.2. The van der Waals surface area contributed by atoms with Gasteiger partial charge in [0, 0.05) is 38.1 Å². The number of benzene rings is 2. The van der Waals surface area contributed by atoms with Crippen molar-refractivity contribution in [1.29, 1.82) is 0 Å². The highest BCUT2D eigenvalue weighted by atomic mass is 16.5. The summed E-state index contributed by atoms with van der Waals surface area (Å²) in [6.45, 7) is 3.45. The molecule has 1 aromatic heterocycles. The lowest BCUT2D eigenvalue weighted by molar-refractivity contribution is 0.102. The topological polar surface area (TPSA) is 57.7 Å². The van der Waals surface area contributed by atoms with Crippen LogP contribution in [-0.4, -0.2) is 44.2 Å². The monoisotopic (exact) mass is 388 g/mol. The number of aromatic nitrogens is 1. The number of para-hydroxylation sites is 3. The fourth-order valence-corrected chi connectivity index (χ4v) is 3.55. The van der Waals surface area contributed by atoms with E-state index in [2.05, 4.69) is 26.2 Å². The first-order valence-corrected chi connectivity index (χ1v) is 9.69. The van der Waals surface area contributed by atoms with Crippen LogP contribution in [0.4, 0.5) is 17.1 Å². The molecule has 1 N–H and O–H groups in total. The van der Waals surface area contributed by atoms with Crippen molar-refractivity contribution in [2.45, 2.75) is 0 Å². The van der Waals surface area contributed by atoms with Crippen LogP contribution >= 0.6 is 0 Å². The fourth-order valence-electron chi connectivity index (χ4n) is 3.55. The molecule has 3 aromatic rings. The highest BCUT2D eigenvalue weighted by Crippen LogP contribution is 2.29. The van der Waals surface area contributed by atoms with Gasteiger partial charge < -0.3 is 19.9 Å². The molecule has 6 nitrogen and oxygen atoms in total. The molecule has 1 saturated heterocycles. The van der Waals surface area contributed by atoms with Crippen LogP contribution in [0.15, 0.2) is 73.1 Å². The van der Waals surface area contributed by atoms with Crippen molar-refractivity contribution in [2.75, 3.05) is 48.4 Å². The molecule has 6 heteroatoms. The predicted molar refractivity (Wildman–Crippen MR) is 116 cm³/mol. The minimum Gasteiger partial charge on any atom is -0.495 e. The predicted octanol–water partition coefficient (Wildman–Crippen LogP) is 3.67. The summed E-state index contributed by atoms with van der Waals surface area (Å²) in [6, 6.07) is 19.4. The Morgan fingerprint density at radius 2 is 1.62 bits per heavy atom. The van der Waals surface area contributed by atoms with Gasteiger partial charge >= 0.3 is 0 Å². The second-order valence-corrected chi connectivity index (χ2v) is 6.90. The zero-order valence-electron chi connectivity index (χ0n) is 16.4. The van der Waals surface area contributed by atoms with Gasteiger partial charge in [-0.25, -0.2) is 0 Å². The smallest absolute Gasteiger partial charge is 0.257 e. The zero-order chi connectivity index (χ0) is 20.1. The number of piperazine rings is 1. The van der Waals surface area contributed by atoms with Gasteiger partial charge in [0.15, 0.2) is 0 Å². The number of nitrogens with zero attached hydrogens (tertiary/aromatic N) is 3. The molecular weight excluding hydrogens is 364 g/mol. The van der Waals surface area contributed by atoms with Gasteiger partial charge in [0.2, 0.25) is 0 Å². The Hall–Kier alpha value is -3.54. The van der Waals surface area contributed by atoms with Gasteiger partial charge in [0.1, 0.15) is 5.75 Å². The zero-order valence-corrected chi connectivity index (χ0v) is 16.4. The SMILES string of the molecule is COc1ccccc1N1CCN(c2cncc(C(=O)Nc3ccccc3)c2)CC1. The van der Waals surface area contributed by atoms with E-state index < -0.39 is 0 Å². The van der Waals surface area contributed by atoms with Crippen LogP contribution in [0, 0.1) is 0 Å². The molecule has 0 atom stereocenters. The van der Waals surface area contributed by atoms with E-state index in [1.54, 1.807) is 13.3 Å². The average molecular weight is 388 g/mol. The Kier molecular flexibility index (Phi) is 5.61. The van der Waals surface area contributed by atoms with Crippen molar-refractivity contribution in [3.05, 3.63) is 78.6 Å². The average Bonchev–Trinajstić information content (AvgIpc) is 2.80. The molecule has 1 aliphatic heterocycles. The minimum atomic E-state index is -0.154. The molecule has 0 spiro atoms. The van der Waals surface area contributed by atoms with Crippen molar-refractivity contribution < 1.29 is 9.53 Å². The molecule has 1 amide bonds. The molecule has 0 saturated carbocycles. The molecule has 1 fully saturated rings. The van der Waals surface area contributed by atoms with Crippen LogP contribution in [0.5, 0.6) is 5.75 Å². The number of nitrogens with one attached hydrogen (secondary N) is 1. The van der Waals surface area contributed by atoms with Crippen LogP contribution in [0.25, 0.3) is 0 Å². The summed E-state index contributed by atoms with van der Waals surface area (Å²) in [7, 11) is 1.70. The third-order valence-electron chi connectivity index (χ3n) is 5.09. The molecule has 29 heavy (non-hydrogen) atoms. The van der Waals surface area contributed by atoms with Gasteiger partial charge in [0.25, 0.3) is 5.91 Å². The summed E-state index contributed by atoms with van der Waals surface area (Å²) in [6.07, 6.45) is 3.42. The molecule has 0 unspecified atom stereocenters. The van der Waals surface area contributed by atoms with E-state index in [1.165, 1.54) is 0 Å². The largest absolute Gasteiger partial charge is 0.495 e. The summed E-state index contributed by atoms with van der Waals surface area (Å²) < 4.78 is 5.49. The van der Waals surface area contributed by atoms with E-state index in [9.17, 15) is 4.79 Å². The van der Waals surface area contributed by atoms with Gasteiger partial charge in [-0.3, -0.25) is 9.78 Å². The van der Waals surface area contributed by atoms with E-state index in [0.29, 0.717) is 5.56 Å². The van der Waals surface area contributed by atoms with Crippen molar-refractivity contribution in [3.8, 4) is 5.75 Å². The van der Waals surface area contributed by atoms with Crippen LogP contribution in [0.2, 0.25) is 0 Å². The molecule has 148 valence electrons. The van der Waals surface area contributed by atoms with Crippen molar-refractivity contribution in [2.24, 2.45) is 0 Å². The van der Waals surface area contributed by atoms with E-state index in [0.717, 1.165) is 49.0 Å². The van der Waals surface area contributed by atoms with E-state index in [-0.39, 0.29) is 5.91 Å². The second-order valence-electron chi connectivity index (χ2n) is 6.90. The lowest BCUT2D eigenvalue weighted by Crippen LogP contribution is -2.46. The maximum Gasteiger partial charge on any atom is 0.257 e. The lowest BCUT2D eigenvalue weighted by Gasteiger charge is -2.37. The van der Waals surface area contributed by atoms with Gasteiger partial charge in [-0.15, -0.1) is 0 Å². The first-order chi connectivity index (χ1) is 14.2. The first kappa shape index (κ1) is 18.8. The highest BCUT2D eigenvalue weighted by molar-refractivity contribution is 6.04. The van der Waals surface area contributed by atoms with Crippen LogP contribution in [-0.2, 0) is 0 Å². The van der Waals surface area contributed by atoms with Crippen LogP contribution < -0.4 is 19.9 Å². The standard InChI is InChI=1S/C23H24N4O2/c1-29-22-10-6-5-9-21(22)27-13-11-26(12-14-27)20-15-18(16-24-17-20)23(28)25-19-7-3-2-4-8-19/h2-10,15-17H,11-14H2,1H3,(H,25,28). The number of pyridine rings is 1. The number of amides is 1. The number of carbonyl (C=O) groups excluding carboxylic acids is 1. The molecule has 0 bridgehead atoms.